The molecule has 0 radical (unpaired) electrons. The van der Waals surface area contributed by atoms with Gasteiger partial charge in [-0.15, -0.1) is 0 Å². The highest BCUT2D eigenvalue weighted by molar-refractivity contribution is 7.89. The highest BCUT2D eigenvalue weighted by Gasteiger charge is 2.11. The largest absolute Gasteiger partial charge is 0.240 e. The third-order valence-electron chi connectivity index (χ3n) is 1.84. The van der Waals surface area contributed by atoms with Gasteiger partial charge in [-0.2, -0.15) is 0 Å². The van der Waals surface area contributed by atoms with Crippen LogP contribution in [0, 0.1) is 0 Å². The summed E-state index contributed by atoms with van der Waals surface area (Å²) in [4.78, 5) is 2.81. The van der Waals surface area contributed by atoms with Gasteiger partial charge in [0.05, 0.1) is 4.90 Å². The molecule has 0 bridgehead atoms. The minimum absolute atomic E-state index is 0.235. The molecule has 0 amide bonds. The molecule has 1 rings (SSSR count). The first-order chi connectivity index (χ1) is 7.67. The van der Waals surface area contributed by atoms with E-state index in [-0.39, 0.29) is 18.0 Å². The topological polar surface area (TPSA) is 94.9 Å². The lowest BCUT2D eigenvalue weighted by atomic mass is 10.4. The van der Waals surface area contributed by atoms with Crippen LogP contribution in [0.25, 0.3) is 10.4 Å². The molecular weight excluding hydrogens is 228 g/mol. The monoisotopic (exact) mass is 240 g/mol. The van der Waals surface area contributed by atoms with Gasteiger partial charge in [-0.3, -0.25) is 0 Å². The van der Waals surface area contributed by atoms with E-state index in [9.17, 15) is 8.42 Å². The molecule has 0 aliphatic carbocycles. The van der Waals surface area contributed by atoms with Crippen LogP contribution < -0.4 is 4.72 Å². The Morgan fingerprint density at radius 1 is 1.31 bits per heavy atom. The molecule has 16 heavy (non-hydrogen) atoms. The molecule has 0 saturated heterocycles. The van der Waals surface area contributed by atoms with Gasteiger partial charge in [-0.05, 0) is 24.1 Å². The fraction of sp³-hybridized carbons (Fsp3) is 0.333. The molecule has 86 valence electrons. The third kappa shape index (κ3) is 3.90. The molecule has 1 aromatic carbocycles. The van der Waals surface area contributed by atoms with Gasteiger partial charge in [0.2, 0.25) is 10.0 Å². The number of hydrogen-bond donors (Lipinski definition) is 1. The highest BCUT2D eigenvalue weighted by atomic mass is 32.2. The summed E-state index contributed by atoms with van der Waals surface area (Å²) in [5.41, 5.74) is 8.02. The normalized spacial score (nSPS) is 10.8. The second kappa shape index (κ2) is 6.12. The Labute approximate surface area is 94.0 Å². The van der Waals surface area contributed by atoms with Gasteiger partial charge in [-0.25, -0.2) is 13.1 Å². The number of rotatable bonds is 6. The van der Waals surface area contributed by atoms with Gasteiger partial charge >= 0.3 is 0 Å². The first kappa shape index (κ1) is 12.5. The van der Waals surface area contributed by atoms with E-state index in [4.69, 9.17) is 5.53 Å². The number of hydrogen-bond acceptors (Lipinski definition) is 3. The molecule has 0 aliphatic rings. The minimum Gasteiger partial charge on any atom is -0.211 e. The summed E-state index contributed by atoms with van der Waals surface area (Å²) >= 11 is 0. The van der Waals surface area contributed by atoms with Crippen molar-refractivity contribution in [1.82, 2.24) is 4.72 Å². The Bertz CT molecular complexity index is 466. The number of benzene rings is 1. The van der Waals surface area contributed by atoms with Gasteiger partial charge in [0.1, 0.15) is 0 Å². The Balaban J connectivity index is 2.50. The maximum absolute atomic E-state index is 11.7. The van der Waals surface area contributed by atoms with Gasteiger partial charge in [0.15, 0.2) is 0 Å². The van der Waals surface area contributed by atoms with Crippen LogP contribution in [-0.2, 0) is 10.0 Å². The van der Waals surface area contributed by atoms with Crippen molar-refractivity contribution >= 4 is 10.0 Å². The van der Waals surface area contributed by atoms with Crippen LogP contribution >= 0.6 is 0 Å². The van der Waals surface area contributed by atoms with Crippen molar-refractivity contribution in [2.24, 2.45) is 5.11 Å². The third-order valence-corrected chi connectivity index (χ3v) is 3.32. The predicted octanol–water partition coefficient (Wildman–Crippen LogP) is 1.67. The molecule has 1 aromatic rings. The summed E-state index contributed by atoms with van der Waals surface area (Å²) in [6, 6.07) is 8.12. The Kier molecular flexibility index (Phi) is 4.78. The van der Waals surface area contributed by atoms with E-state index in [0.29, 0.717) is 6.42 Å². The summed E-state index contributed by atoms with van der Waals surface area (Å²) in [5.74, 6) is 0. The first-order valence-corrected chi connectivity index (χ1v) is 6.21. The van der Waals surface area contributed by atoms with Crippen molar-refractivity contribution in [3.8, 4) is 0 Å². The summed E-state index contributed by atoms with van der Waals surface area (Å²) in [6.45, 7) is 0.546. The summed E-state index contributed by atoms with van der Waals surface area (Å²) < 4.78 is 25.7. The Morgan fingerprint density at radius 2 is 2.00 bits per heavy atom. The highest BCUT2D eigenvalue weighted by Crippen LogP contribution is 2.06. The van der Waals surface area contributed by atoms with Crippen LogP contribution in [-0.4, -0.2) is 21.5 Å². The maximum Gasteiger partial charge on any atom is 0.240 e. The van der Waals surface area contributed by atoms with Crippen LogP contribution in [0.5, 0.6) is 0 Å². The lowest BCUT2D eigenvalue weighted by molar-refractivity contribution is 0.579. The molecule has 0 fully saturated rings. The van der Waals surface area contributed by atoms with Crippen molar-refractivity contribution in [2.75, 3.05) is 13.1 Å². The second-order valence-electron chi connectivity index (χ2n) is 3.02. The standard InChI is InChI=1S/C9H12N4O2S/c10-13-11-7-4-8-12-16(14,15)9-5-2-1-3-6-9/h1-3,5-6,12H,4,7-8H2. The molecule has 0 unspecified atom stereocenters. The fourth-order valence-electron chi connectivity index (χ4n) is 1.08. The molecule has 0 spiro atoms. The molecule has 0 aliphatic heterocycles. The average Bonchev–Trinajstić information content (AvgIpc) is 2.30. The van der Waals surface area contributed by atoms with Crippen molar-refractivity contribution in [1.29, 1.82) is 0 Å². The fourth-order valence-corrected chi connectivity index (χ4v) is 2.18. The maximum atomic E-state index is 11.7. The minimum atomic E-state index is -3.43. The number of azide groups is 1. The zero-order chi connectivity index (χ0) is 11.9. The van der Waals surface area contributed by atoms with Crippen molar-refractivity contribution in [2.45, 2.75) is 11.3 Å². The molecule has 0 atom stereocenters. The van der Waals surface area contributed by atoms with E-state index >= 15 is 0 Å². The molecule has 0 saturated carbocycles. The van der Waals surface area contributed by atoms with Crippen LogP contribution in [0.1, 0.15) is 6.42 Å². The summed E-state index contributed by atoms with van der Waals surface area (Å²) in [6.07, 6.45) is 0.482. The van der Waals surface area contributed by atoms with Crippen LogP contribution in [0.3, 0.4) is 0 Å². The van der Waals surface area contributed by atoms with E-state index in [2.05, 4.69) is 14.7 Å². The molecule has 7 heteroatoms. The van der Waals surface area contributed by atoms with Crippen LogP contribution in [0.4, 0.5) is 0 Å². The molecule has 0 heterocycles. The number of nitrogens with zero attached hydrogens (tertiary/aromatic N) is 3. The van der Waals surface area contributed by atoms with Crippen molar-refractivity contribution < 1.29 is 8.42 Å². The zero-order valence-electron chi connectivity index (χ0n) is 8.57. The summed E-state index contributed by atoms with van der Waals surface area (Å²) in [5, 5.41) is 3.31. The van der Waals surface area contributed by atoms with Crippen LogP contribution in [0.15, 0.2) is 40.3 Å². The average molecular weight is 240 g/mol. The Hall–Kier alpha value is -1.56. The van der Waals surface area contributed by atoms with E-state index in [1.807, 2.05) is 0 Å². The van der Waals surface area contributed by atoms with Gasteiger partial charge in [0.25, 0.3) is 0 Å². The van der Waals surface area contributed by atoms with E-state index < -0.39 is 10.0 Å². The van der Waals surface area contributed by atoms with E-state index in [0.717, 1.165) is 0 Å². The van der Waals surface area contributed by atoms with Gasteiger partial charge in [0, 0.05) is 18.0 Å². The smallest absolute Gasteiger partial charge is 0.211 e. The lowest BCUT2D eigenvalue weighted by Crippen LogP contribution is -2.25. The summed E-state index contributed by atoms with van der Waals surface area (Å²) in [7, 11) is -3.43. The first-order valence-electron chi connectivity index (χ1n) is 4.72. The second-order valence-corrected chi connectivity index (χ2v) is 4.79. The van der Waals surface area contributed by atoms with Crippen molar-refractivity contribution in [3.05, 3.63) is 40.8 Å². The molecule has 6 nitrogen and oxygen atoms in total. The molecular formula is C9H12N4O2S. The number of sulfonamides is 1. The van der Waals surface area contributed by atoms with E-state index in [1.165, 1.54) is 12.1 Å². The van der Waals surface area contributed by atoms with Gasteiger partial charge in [-0.1, -0.05) is 23.3 Å². The zero-order valence-corrected chi connectivity index (χ0v) is 9.39. The lowest BCUT2D eigenvalue weighted by Gasteiger charge is -2.04. The van der Waals surface area contributed by atoms with Crippen molar-refractivity contribution in [3.63, 3.8) is 0 Å². The van der Waals surface area contributed by atoms with Crippen LogP contribution in [0.2, 0.25) is 0 Å². The Morgan fingerprint density at radius 3 is 2.62 bits per heavy atom. The quantitative estimate of drug-likeness (QED) is 0.354. The predicted molar refractivity (Wildman–Crippen MR) is 60.3 cm³/mol. The van der Waals surface area contributed by atoms with E-state index in [1.54, 1.807) is 18.2 Å². The SMILES string of the molecule is [N-]=[N+]=NCCCNS(=O)(=O)c1ccccc1. The molecule has 0 aromatic heterocycles. The van der Waals surface area contributed by atoms with Gasteiger partial charge < -0.3 is 0 Å². The molecule has 1 N–H and O–H groups in total. The number of nitrogens with one attached hydrogen (secondary N) is 1.